The highest BCUT2D eigenvalue weighted by molar-refractivity contribution is 14.1. The summed E-state index contributed by atoms with van der Waals surface area (Å²) in [6.45, 7) is 4.91. The van der Waals surface area contributed by atoms with Crippen molar-refractivity contribution in [3.05, 3.63) is 11.6 Å². The van der Waals surface area contributed by atoms with Gasteiger partial charge in [-0.2, -0.15) is 0 Å². The fourth-order valence-corrected chi connectivity index (χ4v) is 7.80. The molecule has 3 heteroatoms. The number of ketones is 1. The Hall–Kier alpha value is 0.100. The predicted molar refractivity (Wildman–Crippen MR) is 105 cm³/mol. The van der Waals surface area contributed by atoms with Crippen LogP contribution in [0.25, 0.3) is 0 Å². The summed E-state index contributed by atoms with van der Waals surface area (Å²) in [6, 6.07) is 0. The molecule has 2 nitrogen and oxygen atoms in total. The normalized spacial score (nSPS) is 50.5. The van der Waals surface area contributed by atoms with Gasteiger partial charge in [0.2, 0.25) is 0 Å². The van der Waals surface area contributed by atoms with Crippen LogP contribution in [0.2, 0.25) is 0 Å². The van der Waals surface area contributed by atoms with Gasteiger partial charge in [0, 0.05) is 5.92 Å². The van der Waals surface area contributed by atoms with Crippen LogP contribution < -0.4 is 0 Å². The van der Waals surface area contributed by atoms with Crippen LogP contribution in [0.15, 0.2) is 11.6 Å². The SMILES string of the molecule is C[C@]12CC[C@H]3[C@@H](CC=C4C[C@@H](O)CC[C@@]43C)[C@@H]1CC[C@@H]2C(=O)CI. The fourth-order valence-electron chi connectivity index (χ4n) is 7.26. The molecule has 0 spiro atoms. The van der Waals surface area contributed by atoms with Gasteiger partial charge in [-0.3, -0.25) is 4.79 Å². The summed E-state index contributed by atoms with van der Waals surface area (Å²) >= 11 is 2.26. The zero-order valence-electron chi connectivity index (χ0n) is 15.1. The van der Waals surface area contributed by atoms with Gasteiger partial charge in [0.1, 0.15) is 5.78 Å². The summed E-state index contributed by atoms with van der Waals surface area (Å²) in [5, 5.41) is 10.1. The van der Waals surface area contributed by atoms with Crippen LogP contribution in [-0.4, -0.2) is 21.4 Å². The maximum atomic E-state index is 12.5. The van der Waals surface area contributed by atoms with E-state index in [4.69, 9.17) is 0 Å². The molecule has 3 saturated carbocycles. The number of allylic oxidation sites excluding steroid dienone is 1. The molecule has 0 aliphatic heterocycles. The maximum absolute atomic E-state index is 12.5. The number of hydrogen-bond donors (Lipinski definition) is 1. The van der Waals surface area contributed by atoms with E-state index in [0.717, 1.165) is 43.4 Å². The third-order valence-electron chi connectivity index (χ3n) is 8.60. The number of carbonyl (C=O) groups is 1. The van der Waals surface area contributed by atoms with Crippen molar-refractivity contribution in [2.75, 3.05) is 4.43 Å². The second-order valence-electron chi connectivity index (χ2n) is 9.43. The molecule has 4 rings (SSSR count). The van der Waals surface area contributed by atoms with Gasteiger partial charge in [0.15, 0.2) is 0 Å². The molecule has 0 unspecified atom stereocenters. The Morgan fingerprint density at radius 1 is 1.21 bits per heavy atom. The highest BCUT2D eigenvalue weighted by Crippen LogP contribution is 2.66. The Morgan fingerprint density at radius 2 is 2.00 bits per heavy atom. The van der Waals surface area contributed by atoms with E-state index in [1.807, 2.05) is 0 Å². The standard InChI is InChI=1S/C21H31IO2/c1-20-9-7-14(23)11-13(20)3-4-15-16-5-6-18(19(24)12-22)21(16,2)10-8-17(15)20/h3,14-18,23H,4-12H2,1-2H3/t14-,15-,16-,17-,18+,20-,21-/m0/s1. The summed E-state index contributed by atoms with van der Waals surface area (Å²) in [5.74, 6) is 3.08. The van der Waals surface area contributed by atoms with Crippen LogP contribution in [-0.2, 0) is 4.79 Å². The third kappa shape index (κ3) is 2.39. The molecular weight excluding hydrogens is 411 g/mol. The van der Waals surface area contributed by atoms with Crippen LogP contribution >= 0.6 is 22.6 Å². The van der Waals surface area contributed by atoms with Crippen LogP contribution in [0, 0.1) is 34.5 Å². The van der Waals surface area contributed by atoms with Crippen LogP contribution in [0.3, 0.4) is 0 Å². The van der Waals surface area contributed by atoms with E-state index in [1.54, 1.807) is 5.57 Å². The molecule has 4 aliphatic carbocycles. The largest absolute Gasteiger partial charge is 0.393 e. The molecule has 0 aromatic rings. The Morgan fingerprint density at radius 3 is 2.75 bits per heavy atom. The Kier molecular flexibility index (Phi) is 4.43. The topological polar surface area (TPSA) is 37.3 Å². The molecule has 0 heterocycles. The number of aliphatic hydroxyl groups is 1. The van der Waals surface area contributed by atoms with Gasteiger partial charge in [0.05, 0.1) is 10.5 Å². The number of aliphatic hydroxyl groups excluding tert-OH is 1. The number of carbonyl (C=O) groups excluding carboxylic acids is 1. The first kappa shape index (κ1) is 17.5. The number of fused-ring (bicyclic) bond motifs is 5. The van der Waals surface area contributed by atoms with Crippen molar-refractivity contribution in [3.8, 4) is 0 Å². The lowest BCUT2D eigenvalue weighted by atomic mass is 9.47. The minimum Gasteiger partial charge on any atom is -0.393 e. The highest BCUT2D eigenvalue weighted by Gasteiger charge is 2.59. The quantitative estimate of drug-likeness (QED) is 0.374. The lowest BCUT2D eigenvalue weighted by Gasteiger charge is -2.57. The molecule has 0 amide bonds. The molecule has 134 valence electrons. The van der Waals surface area contributed by atoms with Crippen LogP contribution in [0.1, 0.15) is 65.2 Å². The van der Waals surface area contributed by atoms with Gasteiger partial charge in [-0.05, 0) is 80.0 Å². The van der Waals surface area contributed by atoms with Gasteiger partial charge in [-0.15, -0.1) is 0 Å². The number of hydrogen-bond acceptors (Lipinski definition) is 2. The molecule has 4 aliphatic rings. The summed E-state index contributed by atoms with van der Waals surface area (Å²) < 4.78 is 0.679. The Balaban J connectivity index is 1.64. The second kappa shape index (κ2) is 6.07. The summed E-state index contributed by atoms with van der Waals surface area (Å²) in [4.78, 5) is 12.5. The van der Waals surface area contributed by atoms with Crippen molar-refractivity contribution in [2.45, 2.75) is 71.3 Å². The number of alkyl halides is 1. The second-order valence-corrected chi connectivity index (χ2v) is 10.2. The van der Waals surface area contributed by atoms with Crippen molar-refractivity contribution in [2.24, 2.45) is 34.5 Å². The van der Waals surface area contributed by atoms with E-state index in [9.17, 15) is 9.90 Å². The van der Waals surface area contributed by atoms with Crippen molar-refractivity contribution in [3.63, 3.8) is 0 Å². The smallest absolute Gasteiger partial charge is 0.146 e. The van der Waals surface area contributed by atoms with Gasteiger partial charge >= 0.3 is 0 Å². The first-order valence-corrected chi connectivity index (χ1v) is 11.4. The molecule has 0 bridgehead atoms. The number of Topliss-reactive ketones (excluding diaryl/α,β-unsaturated/α-hetero) is 1. The van der Waals surface area contributed by atoms with Crippen LogP contribution in [0.4, 0.5) is 0 Å². The Bertz CT molecular complexity index is 570. The molecule has 0 radical (unpaired) electrons. The predicted octanol–water partition coefficient (Wildman–Crippen LogP) is 4.93. The molecule has 0 saturated heterocycles. The molecule has 1 N–H and O–H groups in total. The third-order valence-corrected chi connectivity index (χ3v) is 9.35. The van der Waals surface area contributed by atoms with Gasteiger partial charge < -0.3 is 5.11 Å². The van der Waals surface area contributed by atoms with Gasteiger partial charge in [-0.1, -0.05) is 48.1 Å². The van der Waals surface area contributed by atoms with Crippen molar-refractivity contribution >= 4 is 28.4 Å². The summed E-state index contributed by atoms with van der Waals surface area (Å²) in [7, 11) is 0. The van der Waals surface area contributed by atoms with Gasteiger partial charge in [-0.25, -0.2) is 0 Å². The van der Waals surface area contributed by atoms with Crippen molar-refractivity contribution in [1.29, 1.82) is 0 Å². The average Bonchev–Trinajstić information content (AvgIpc) is 2.92. The van der Waals surface area contributed by atoms with Crippen molar-refractivity contribution in [1.82, 2.24) is 0 Å². The first-order chi connectivity index (χ1) is 11.4. The van der Waals surface area contributed by atoms with E-state index < -0.39 is 0 Å². The average molecular weight is 442 g/mol. The molecule has 7 atom stereocenters. The molecule has 0 aromatic carbocycles. The zero-order valence-corrected chi connectivity index (χ0v) is 17.2. The molecule has 0 aromatic heterocycles. The summed E-state index contributed by atoms with van der Waals surface area (Å²) in [6.07, 6.45) is 11.5. The molecule has 3 fully saturated rings. The van der Waals surface area contributed by atoms with E-state index >= 15 is 0 Å². The zero-order chi connectivity index (χ0) is 17.1. The monoisotopic (exact) mass is 442 g/mol. The molecule has 24 heavy (non-hydrogen) atoms. The highest BCUT2D eigenvalue weighted by atomic mass is 127. The van der Waals surface area contributed by atoms with Crippen LogP contribution in [0.5, 0.6) is 0 Å². The van der Waals surface area contributed by atoms with E-state index in [-0.39, 0.29) is 11.5 Å². The number of rotatable bonds is 2. The van der Waals surface area contributed by atoms with Crippen molar-refractivity contribution < 1.29 is 9.90 Å². The molecular formula is C21H31IO2. The minimum atomic E-state index is -0.119. The van der Waals surface area contributed by atoms with E-state index in [2.05, 4.69) is 42.5 Å². The fraction of sp³-hybridized carbons (Fsp3) is 0.857. The lowest BCUT2D eigenvalue weighted by Crippen LogP contribution is -2.51. The summed E-state index contributed by atoms with van der Waals surface area (Å²) in [5.41, 5.74) is 2.11. The van der Waals surface area contributed by atoms with Gasteiger partial charge in [0.25, 0.3) is 0 Å². The van der Waals surface area contributed by atoms with E-state index in [1.165, 1.54) is 25.7 Å². The number of halogens is 1. The van der Waals surface area contributed by atoms with E-state index in [0.29, 0.717) is 21.5 Å². The maximum Gasteiger partial charge on any atom is 0.146 e. The lowest BCUT2D eigenvalue weighted by molar-refractivity contribution is -0.126. The Labute approximate surface area is 160 Å². The first-order valence-electron chi connectivity index (χ1n) is 9.86. The minimum absolute atomic E-state index is 0.119.